The maximum atomic E-state index is 13.3. The van der Waals surface area contributed by atoms with E-state index in [-0.39, 0.29) is 29.3 Å². The molecule has 0 spiro atoms. The first kappa shape index (κ1) is 25.0. The third-order valence-electron chi connectivity index (χ3n) is 7.41. The molecule has 3 aliphatic rings. The Morgan fingerprint density at radius 1 is 1.22 bits per heavy atom. The van der Waals surface area contributed by atoms with Gasteiger partial charge in [0.05, 0.1) is 10.7 Å². The highest BCUT2D eigenvalue weighted by Crippen LogP contribution is 2.42. The van der Waals surface area contributed by atoms with Crippen molar-refractivity contribution in [2.75, 3.05) is 37.6 Å². The summed E-state index contributed by atoms with van der Waals surface area (Å²) in [7, 11) is 0. The van der Waals surface area contributed by atoms with Crippen molar-refractivity contribution in [1.29, 1.82) is 0 Å². The average molecular weight is 512 g/mol. The van der Waals surface area contributed by atoms with Crippen molar-refractivity contribution in [3.05, 3.63) is 47.1 Å². The number of aromatic nitrogens is 1. The van der Waals surface area contributed by atoms with Gasteiger partial charge < -0.3 is 25.2 Å². The van der Waals surface area contributed by atoms with Crippen LogP contribution < -0.4 is 20.3 Å². The van der Waals surface area contributed by atoms with Crippen LogP contribution in [-0.2, 0) is 15.0 Å². The molecule has 2 fully saturated rings. The van der Waals surface area contributed by atoms with Gasteiger partial charge in [0.2, 0.25) is 17.7 Å². The summed E-state index contributed by atoms with van der Waals surface area (Å²) in [5.41, 5.74) is 1.71. The molecule has 5 rings (SSSR count). The zero-order valence-corrected chi connectivity index (χ0v) is 21.7. The van der Waals surface area contributed by atoms with Crippen LogP contribution in [0.5, 0.6) is 11.6 Å². The van der Waals surface area contributed by atoms with Gasteiger partial charge in [-0.3, -0.25) is 9.59 Å². The number of nitrogens with one attached hydrogen (secondary N) is 2. The van der Waals surface area contributed by atoms with Crippen LogP contribution in [0.2, 0.25) is 5.02 Å². The molecule has 1 aromatic heterocycles. The number of likely N-dealkylation sites (tertiary alicyclic amines) is 1. The Bertz CT molecular complexity index is 1130. The van der Waals surface area contributed by atoms with Gasteiger partial charge in [-0.2, -0.15) is 0 Å². The van der Waals surface area contributed by atoms with E-state index in [0.29, 0.717) is 36.0 Å². The minimum atomic E-state index is -0.189. The maximum Gasteiger partial charge on any atom is 0.227 e. The summed E-state index contributed by atoms with van der Waals surface area (Å²) >= 11 is 6.24. The van der Waals surface area contributed by atoms with E-state index >= 15 is 0 Å². The molecule has 192 valence electrons. The smallest absolute Gasteiger partial charge is 0.227 e. The third-order valence-corrected chi connectivity index (χ3v) is 7.72. The van der Waals surface area contributed by atoms with Gasteiger partial charge in [-0.15, -0.1) is 0 Å². The fraction of sp³-hybridized carbons (Fsp3) is 0.519. The number of hydrogen-bond acceptors (Lipinski definition) is 6. The predicted octanol–water partition coefficient (Wildman–Crippen LogP) is 3.48. The summed E-state index contributed by atoms with van der Waals surface area (Å²) in [6.45, 7) is 8.09. The molecule has 3 aliphatic heterocycles. The molecule has 0 unspecified atom stereocenters. The molecule has 2 saturated heterocycles. The first-order valence-electron chi connectivity index (χ1n) is 12.8. The van der Waals surface area contributed by atoms with E-state index in [1.807, 2.05) is 34.2 Å². The number of halogens is 1. The minimum Gasteiger partial charge on any atom is -0.437 e. The number of carbonyl (C=O) groups is 2. The van der Waals surface area contributed by atoms with Crippen LogP contribution in [-0.4, -0.2) is 66.5 Å². The molecule has 2 atom stereocenters. The van der Waals surface area contributed by atoms with E-state index in [1.54, 1.807) is 12.1 Å². The quantitative estimate of drug-likeness (QED) is 0.592. The number of ether oxygens (including phenoxy) is 1. The SMILES string of the molecule is CC1(C)CN(C(=O)CC[C@@H]2CN[C@@H](CN3CCCC3=O)CN2)c2cc(Oc3ccccc3Cl)ncc21. The average Bonchev–Trinajstić information content (AvgIpc) is 3.39. The van der Waals surface area contributed by atoms with Gasteiger partial charge in [0.15, 0.2) is 0 Å². The molecule has 1 aromatic carbocycles. The Balaban J connectivity index is 1.18. The van der Waals surface area contributed by atoms with E-state index in [4.69, 9.17) is 16.3 Å². The number of fused-ring (bicyclic) bond motifs is 1. The second kappa shape index (κ2) is 10.4. The molecule has 0 bridgehead atoms. The third kappa shape index (κ3) is 5.36. The minimum absolute atomic E-state index is 0.100. The fourth-order valence-corrected chi connectivity index (χ4v) is 5.52. The van der Waals surface area contributed by atoms with Crippen molar-refractivity contribution in [3.8, 4) is 11.6 Å². The van der Waals surface area contributed by atoms with Crippen molar-refractivity contribution in [2.24, 2.45) is 0 Å². The van der Waals surface area contributed by atoms with Crippen molar-refractivity contribution in [3.63, 3.8) is 0 Å². The van der Waals surface area contributed by atoms with E-state index in [9.17, 15) is 9.59 Å². The topological polar surface area (TPSA) is 86.8 Å². The molecular weight excluding hydrogens is 478 g/mol. The first-order chi connectivity index (χ1) is 17.3. The lowest BCUT2D eigenvalue weighted by Gasteiger charge is -2.33. The van der Waals surface area contributed by atoms with Crippen LogP contribution in [0.25, 0.3) is 0 Å². The molecule has 4 heterocycles. The molecule has 2 amide bonds. The molecule has 0 radical (unpaired) electrons. The number of amides is 2. The van der Waals surface area contributed by atoms with Crippen LogP contribution in [0, 0.1) is 0 Å². The predicted molar refractivity (Wildman–Crippen MR) is 140 cm³/mol. The number of piperazine rings is 1. The highest BCUT2D eigenvalue weighted by Gasteiger charge is 2.39. The number of benzene rings is 1. The zero-order chi connectivity index (χ0) is 25.3. The molecule has 9 heteroatoms. The van der Waals surface area contributed by atoms with Crippen molar-refractivity contribution < 1.29 is 14.3 Å². The van der Waals surface area contributed by atoms with E-state index in [2.05, 4.69) is 29.5 Å². The molecule has 36 heavy (non-hydrogen) atoms. The highest BCUT2D eigenvalue weighted by atomic mass is 35.5. The summed E-state index contributed by atoms with van der Waals surface area (Å²) in [6.07, 6.45) is 4.65. The normalized spacial score (nSPS) is 23.1. The standard InChI is InChI=1S/C27H34ClN5O3/c1-27(2)17-33(22-12-24(31-15-20(22)27)36-23-7-4-3-6-21(23)28)26(35)10-9-18-13-30-19(14-29-18)16-32-11-5-8-25(32)34/h3-4,6-7,12,15,18-19,29-30H,5,8-11,13-14,16-17H2,1-2H3/t18-,19-/m1/s1. The lowest BCUT2D eigenvalue weighted by molar-refractivity contribution is -0.128. The van der Waals surface area contributed by atoms with Crippen LogP contribution in [0.15, 0.2) is 36.5 Å². The highest BCUT2D eigenvalue weighted by molar-refractivity contribution is 6.32. The van der Waals surface area contributed by atoms with Crippen LogP contribution in [0.1, 0.15) is 45.1 Å². The lowest BCUT2D eigenvalue weighted by Crippen LogP contribution is -2.58. The number of nitrogens with zero attached hydrogens (tertiary/aromatic N) is 3. The number of pyridine rings is 1. The van der Waals surface area contributed by atoms with Gasteiger partial charge >= 0.3 is 0 Å². The Morgan fingerprint density at radius 3 is 2.72 bits per heavy atom. The summed E-state index contributed by atoms with van der Waals surface area (Å²) in [5.74, 6) is 1.31. The number of anilines is 1. The van der Waals surface area contributed by atoms with Crippen molar-refractivity contribution >= 4 is 29.1 Å². The Labute approximate surface area is 217 Å². The number of para-hydroxylation sites is 1. The molecule has 2 aromatic rings. The number of hydrogen-bond donors (Lipinski definition) is 2. The van der Waals surface area contributed by atoms with Gasteiger partial charge in [0.25, 0.3) is 0 Å². The molecular formula is C27H34ClN5O3. The monoisotopic (exact) mass is 511 g/mol. The van der Waals surface area contributed by atoms with E-state index < -0.39 is 0 Å². The Hall–Kier alpha value is -2.68. The second-order valence-corrected chi connectivity index (χ2v) is 11.0. The van der Waals surface area contributed by atoms with Crippen LogP contribution in [0.3, 0.4) is 0 Å². The van der Waals surface area contributed by atoms with E-state index in [1.165, 1.54) is 0 Å². The maximum absolute atomic E-state index is 13.3. The van der Waals surface area contributed by atoms with E-state index in [0.717, 1.165) is 50.3 Å². The lowest BCUT2D eigenvalue weighted by atomic mass is 9.88. The van der Waals surface area contributed by atoms with Crippen LogP contribution in [0.4, 0.5) is 5.69 Å². The molecule has 0 saturated carbocycles. The Kier molecular flexibility index (Phi) is 7.19. The summed E-state index contributed by atoms with van der Waals surface area (Å²) in [5, 5.41) is 7.63. The second-order valence-electron chi connectivity index (χ2n) is 10.6. The number of carbonyl (C=O) groups excluding carboxylic acids is 2. The van der Waals surface area contributed by atoms with Gasteiger partial charge in [0, 0.05) is 80.9 Å². The van der Waals surface area contributed by atoms with Gasteiger partial charge in [-0.25, -0.2) is 4.98 Å². The van der Waals surface area contributed by atoms with Crippen molar-refractivity contribution in [1.82, 2.24) is 20.5 Å². The van der Waals surface area contributed by atoms with Gasteiger partial charge in [-0.05, 0) is 25.0 Å². The Morgan fingerprint density at radius 2 is 2.00 bits per heavy atom. The fourth-order valence-electron chi connectivity index (χ4n) is 5.35. The van der Waals surface area contributed by atoms with Crippen molar-refractivity contribution in [2.45, 2.75) is 57.0 Å². The number of rotatable bonds is 7. The molecule has 8 nitrogen and oxygen atoms in total. The van der Waals surface area contributed by atoms with Crippen LogP contribution >= 0.6 is 11.6 Å². The largest absolute Gasteiger partial charge is 0.437 e. The summed E-state index contributed by atoms with van der Waals surface area (Å²) in [4.78, 5) is 33.5. The summed E-state index contributed by atoms with van der Waals surface area (Å²) in [6, 6.07) is 9.60. The molecule has 2 N–H and O–H groups in total. The molecule has 0 aliphatic carbocycles. The summed E-state index contributed by atoms with van der Waals surface area (Å²) < 4.78 is 5.93. The van der Waals surface area contributed by atoms with Gasteiger partial charge in [-0.1, -0.05) is 37.6 Å². The zero-order valence-electron chi connectivity index (χ0n) is 20.9. The first-order valence-corrected chi connectivity index (χ1v) is 13.2. The van der Waals surface area contributed by atoms with Gasteiger partial charge in [0.1, 0.15) is 5.75 Å².